The van der Waals surface area contributed by atoms with E-state index < -0.39 is 7.26 Å². The molecule has 39 heavy (non-hydrogen) atoms. The lowest BCUT2D eigenvalue weighted by atomic mass is 9.76. The minimum atomic E-state index is -1.16. The molecule has 2 rings (SSSR count). The molecule has 236 valence electrons. The van der Waals surface area contributed by atoms with Crippen LogP contribution in [-0.2, 0) is 0 Å². The molecule has 2 heterocycles. The van der Waals surface area contributed by atoms with Crippen LogP contribution in [0.15, 0.2) is 0 Å². The third-order valence-electron chi connectivity index (χ3n) is 11.6. The normalized spacial score (nSPS) is 26.3. The van der Waals surface area contributed by atoms with Crippen molar-refractivity contribution in [3.63, 3.8) is 0 Å². The first kappa shape index (κ1) is 40.4. The van der Waals surface area contributed by atoms with Crippen LogP contribution in [0.2, 0.25) is 0 Å². The summed E-state index contributed by atoms with van der Waals surface area (Å²) in [5.41, 5.74) is 0. The minimum absolute atomic E-state index is 0. The summed E-state index contributed by atoms with van der Waals surface area (Å²) in [4.78, 5) is 0. The maximum atomic E-state index is 2.49. The van der Waals surface area contributed by atoms with Crippen molar-refractivity contribution in [2.75, 3.05) is 12.3 Å². The maximum Gasteiger partial charge on any atom is 0.0832 e. The lowest BCUT2D eigenvalue weighted by Crippen LogP contribution is -2.53. The molecule has 3 heteroatoms. The third kappa shape index (κ3) is 9.69. The van der Waals surface area contributed by atoms with E-state index in [-0.39, 0.29) is 34.0 Å². The molecule has 0 aromatic heterocycles. The van der Waals surface area contributed by atoms with Crippen LogP contribution in [0.5, 0.6) is 0 Å². The Bertz CT molecular complexity index is 510. The average molecular weight is 698 g/mol. The van der Waals surface area contributed by atoms with Gasteiger partial charge in [-0.05, 0) is 115 Å². The van der Waals surface area contributed by atoms with Gasteiger partial charge in [-0.15, -0.1) is 34.0 Å². The summed E-state index contributed by atoms with van der Waals surface area (Å²) in [6.45, 7) is 14.9. The molecule has 0 N–H and O–H groups in total. The molecule has 0 nitrogen and oxygen atoms in total. The van der Waals surface area contributed by atoms with Crippen molar-refractivity contribution in [1.82, 2.24) is 0 Å². The van der Waals surface area contributed by atoms with Gasteiger partial charge in [0.25, 0.3) is 0 Å². The largest absolute Gasteiger partial charge is 0.114 e. The summed E-state index contributed by atoms with van der Waals surface area (Å²) in [6.07, 6.45) is 39.7. The Labute approximate surface area is 270 Å². The van der Waals surface area contributed by atoms with Crippen LogP contribution in [-0.4, -0.2) is 22.6 Å². The van der Waals surface area contributed by atoms with Gasteiger partial charge < -0.3 is 0 Å². The zero-order valence-electron chi connectivity index (χ0n) is 27.8. The maximum absolute atomic E-state index is 2.49. The van der Waals surface area contributed by atoms with E-state index in [4.69, 9.17) is 0 Å². The van der Waals surface area contributed by atoms with Gasteiger partial charge in [-0.2, -0.15) is 0 Å². The molecule has 2 aliphatic rings. The van der Waals surface area contributed by atoms with Crippen molar-refractivity contribution < 1.29 is 0 Å². The summed E-state index contributed by atoms with van der Waals surface area (Å²) >= 11 is 0. The van der Waals surface area contributed by atoms with Gasteiger partial charge in [0.05, 0.1) is 22.6 Å². The monoisotopic (exact) mass is 695 g/mol. The topological polar surface area (TPSA) is 0 Å². The highest BCUT2D eigenvalue weighted by Gasteiger charge is 2.71. The number of halogens is 2. The smallest absolute Gasteiger partial charge is 0.0832 e. The number of rotatable bonds is 18. The van der Waals surface area contributed by atoms with Crippen molar-refractivity contribution in [2.24, 2.45) is 11.8 Å². The standard InChI is InChI=1S/C36H72P.2BrH/c1-7-13-23-33-25-19-21-31-37(35(33,27-15-9-3)28-16-10-4)32-22-20-26-34(24-14-8-2)36(37,29-17-11-5)30-18-12-6;;/h33-34H,7-32H2,1-6H3;2*1H/q+1;;. The van der Waals surface area contributed by atoms with Gasteiger partial charge in [-0.1, -0.05) is 92.9 Å². The van der Waals surface area contributed by atoms with Gasteiger partial charge in [0.15, 0.2) is 0 Å². The highest BCUT2D eigenvalue weighted by Crippen LogP contribution is 2.87. The van der Waals surface area contributed by atoms with Crippen LogP contribution >= 0.6 is 41.2 Å². The molecular formula is C36H74Br2P+. The predicted octanol–water partition coefficient (Wildman–Crippen LogP) is 14.4. The van der Waals surface area contributed by atoms with E-state index in [1.165, 1.54) is 77.0 Å². The number of hydrogen-bond acceptors (Lipinski definition) is 0. The zero-order chi connectivity index (χ0) is 27.0. The third-order valence-corrected chi connectivity index (χ3v) is 18.8. The fourth-order valence-electron chi connectivity index (χ4n) is 9.81. The molecule has 1 spiro atoms. The number of hydrogen-bond donors (Lipinski definition) is 0. The molecule has 0 aromatic rings. The lowest BCUT2D eigenvalue weighted by molar-refractivity contribution is 0.241. The molecule has 0 radical (unpaired) electrons. The molecule has 0 aliphatic carbocycles. The Kier molecular flexibility index (Phi) is 22.8. The first-order chi connectivity index (χ1) is 18.1. The van der Waals surface area contributed by atoms with Gasteiger partial charge in [-0.25, -0.2) is 0 Å². The fraction of sp³-hybridized carbons (Fsp3) is 1.00. The van der Waals surface area contributed by atoms with E-state index >= 15 is 0 Å². The summed E-state index contributed by atoms with van der Waals surface area (Å²) in [7, 11) is -1.16. The molecule has 2 atom stereocenters. The van der Waals surface area contributed by atoms with E-state index in [1.807, 2.05) is 0 Å². The second-order valence-corrected chi connectivity index (χ2v) is 18.3. The average Bonchev–Trinajstić information content (AvgIpc) is 3.17. The summed E-state index contributed by atoms with van der Waals surface area (Å²) in [5, 5.41) is 1.42. The Morgan fingerprint density at radius 3 is 1.05 bits per heavy atom. The molecule has 0 saturated carbocycles. The van der Waals surface area contributed by atoms with Crippen molar-refractivity contribution in [3.05, 3.63) is 0 Å². The quantitative estimate of drug-likeness (QED) is 0.125. The minimum Gasteiger partial charge on any atom is -0.114 e. The fourth-order valence-corrected chi connectivity index (χ4v) is 18.5. The van der Waals surface area contributed by atoms with Gasteiger partial charge in [0, 0.05) is 7.26 Å². The molecule has 0 aromatic carbocycles. The highest BCUT2D eigenvalue weighted by atomic mass is 79.9. The molecule has 2 fully saturated rings. The van der Waals surface area contributed by atoms with Crippen molar-refractivity contribution in [1.29, 1.82) is 0 Å². The molecule has 2 unspecified atom stereocenters. The van der Waals surface area contributed by atoms with E-state index in [2.05, 4.69) is 41.5 Å². The van der Waals surface area contributed by atoms with Crippen LogP contribution in [0.4, 0.5) is 0 Å². The predicted molar refractivity (Wildman–Crippen MR) is 195 cm³/mol. The zero-order valence-corrected chi connectivity index (χ0v) is 32.1. The van der Waals surface area contributed by atoms with Gasteiger partial charge in [0.2, 0.25) is 0 Å². The van der Waals surface area contributed by atoms with Gasteiger partial charge in [-0.3, -0.25) is 0 Å². The molecule has 2 saturated heterocycles. The molecule has 2 aliphatic heterocycles. The molecular weight excluding hydrogens is 623 g/mol. The van der Waals surface area contributed by atoms with Crippen molar-refractivity contribution in [3.8, 4) is 0 Å². The van der Waals surface area contributed by atoms with Crippen LogP contribution in [0, 0.1) is 11.8 Å². The second kappa shape index (κ2) is 22.0. The Morgan fingerprint density at radius 2 is 0.769 bits per heavy atom. The summed E-state index contributed by atoms with van der Waals surface area (Å²) < 4.78 is 0. The Balaban J connectivity index is 0.00000722. The van der Waals surface area contributed by atoms with E-state index in [1.54, 1.807) is 89.4 Å². The second-order valence-electron chi connectivity index (χ2n) is 13.7. The van der Waals surface area contributed by atoms with E-state index in [9.17, 15) is 0 Å². The first-order valence-electron chi connectivity index (χ1n) is 17.9. The Hall–Kier alpha value is 1.39. The first-order valence-corrected chi connectivity index (χ1v) is 20.1. The molecule has 0 amide bonds. The van der Waals surface area contributed by atoms with Crippen molar-refractivity contribution >= 4 is 41.2 Å². The van der Waals surface area contributed by atoms with Crippen LogP contribution in [0.3, 0.4) is 0 Å². The van der Waals surface area contributed by atoms with Gasteiger partial charge in [0.1, 0.15) is 0 Å². The lowest BCUT2D eigenvalue weighted by Gasteiger charge is -2.60. The number of unbranched alkanes of at least 4 members (excludes halogenated alkanes) is 6. The Morgan fingerprint density at radius 1 is 0.462 bits per heavy atom. The van der Waals surface area contributed by atoms with Crippen molar-refractivity contribution in [2.45, 2.75) is 206 Å². The summed E-state index contributed by atoms with van der Waals surface area (Å²) in [6, 6.07) is 0. The van der Waals surface area contributed by atoms with Gasteiger partial charge >= 0.3 is 0 Å². The van der Waals surface area contributed by atoms with Crippen LogP contribution < -0.4 is 0 Å². The van der Waals surface area contributed by atoms with E-state index in [0.717, 1.165) is 11.8 Å². The van der Waals surface area contributed by atoms with Crippen LogP contribution in [0.25, 0.3) is 0 Å². The van der Waals surface area contributed by atoms with E-state index in [0.29, 0.717) is 10.3 Å². The van der Waals surface area contributed by atoms with Crippen LogP contribution in [0.1, 0.15) is 196 Å². The summed E-state index contributed by atoms with van der Waals surface area (Å²) in [5.74, 6) is 2.07. The SMILES string of the molecule is Br.Br.CCCCC1CCCC[P+]2(CCCCC(CCCC)C2(CCCC)CCCC)C1(CCCC)CCCC. The molecule has 0 bridgehead atoms. The highest BCUT2D eigenvalue weighted by molar-refractivity contribution is 8.93.